The van der Waals surface area contributed by atoms with Crippen LogP contribution >= 0.6 is 0 Å². The van der Waals surface area contributed by atoms with Crippen LogP contribution in [0.25, 0.3) is 0 Å². The summed E-state index contributed by atoms with van der Waals surface area (Å²) in [5, 5.41) is 0. The fourth-order valence-corrected chi connectivity index (χ4v) is 2.31. The molecule has 92 valence electrons. The maximum Gasteiger partial charge on any atom is 0.236 e. The summed E-state index contributed by atoms with van der Waals surface area (Å²) in [6.07, 6.45) is 0.142. The highest BCUT2D eigenvalue weighted by molar-refractivity contribution is 6.07. The van der Waals surface area contributed by atoms with Gasteiger partial charge in [-0.15, -0.1) is 0 Å². The van der Waals surface area contributed by atoms with Crippen LogP contribution < -0.4 is 9.64 Å². The first-order chi connectivity index (χ1) is 7.84. The molecular formula is C14H19NO2. The Bertz CT molecular complexity index is 463. The number of ether oxygens (including phenoxy) is 1. The van der Waals surface area contributed by atoms with Gasteiger partial charge in [-0.25, -0.2) is 0 Å². The molecule has 0 aromatic heterocycles. The van der Waals surface area contributed by atoms with E-state index in [1.165, 1.54) is 0 Å². The minimum atomic E-state index is -0.430. The van der Waals surface area contributed by atoms with Crippen LogP contribution in [0.2, 0.25) is 0 Å². The van der Waals surface area contributed by atoms with Crippen molar-refractivity contribution in [2.75, 3.05) is 11.9 Å². The van der Waals surface area contributed by atoms with Crippen molar-refractivity contribution in [3.63, 3.8) is 0 Å². The highest BCUT2D eigenvalue weighted by atomic mass is 16.5. The number of fused-ring (bicyclic) bond motifs is 1. The molecule has 0 saturated heterocycles. The Kier molecular flexibility index (Phi) is 2.64. The molecule has 1 heterocycles. The number of carbonyl (C=O) groups is 1. The molecule has 0 aliphatic carbocycles. The SMILES string of the molecule is CC(C)Oc1ccc2c(c1)N(C)C(=O)C2(C)C. The zero-order valence-electron chi connectivity index (χ0n) is 11.1. The Morgan fingerprint density at radius 2 is 1.94 bits per heavy atom. The molecule has 0 N–H and O–H groups in total. The minimum Gasteiger partial charge on any atom is -0.491 e. The molecule has 0 spiro atoms. The molecule has 0 atom stereocenters. The average molecular weight is 233 g/mol. The van der Waals surface area contributed by atoms with Gasteiger partial charge in [0.25, 0.3) is 0 Å². The molecular weight excluding hydrogens is 214 g/mol. The van der Waals surface area contributed by atoms with Crippen molar-refractivity contribution in [3.8, 4) is 5.75 Å². The Balaban J connectivity index is 2.45. The third kappa shape index (κ3) is 1.79. The number of amides is 1. The maximum absolute atomic E-state index is 12.1. The van der Waals surface area contributed by atoms with Gasteiger partial charge in [-0.3, -0.25) is 4.79 Å². The smallest absolute Gasteiger partial charge is 0.236 e. The summed E-state index contributed by atoms with van der Waals surface area (Å²) >= 11 is 0. The normalized spacial score (nSPS) is 17.5. The van der Waals surface area contributed by atoms with Crippen molar-refractivity contribution in [2.45, 2.75) is 39.2 Å². The lowest BCUT2D eigenvalue weighted by Crippen LogP contribution is -2.33. The molecule has 1 aromatic carbocycles. The molecule has 0 unspecified atom stereocenters. The lowest BCUT2D eigenvalue weighted by atomic mass is 9.86. The van der Waals surface area contributed by atoms with Gasteiger partial charge < -0.3 is 9.64 Å². The lowest BCUT2D eigenvalue weighted by molar-refractivity contribution is -0.121. The average Bonchev–Trinajstić information content (AvgIpc) is 2.40. The fraction of sp³-hybridized carbons (Fsp3) is 0.500. The van der Waals surface area contributed by atoms with Gasteiger partial charge in [0, 0.05) is 13.1 Å². The maximum atomic E-state index is 12.1. The van der Waals surface area contributed by atoms with E-state index < -0.39 is 5.41 Å². The van der Waals surface area contributed by atoms with Crippen LogP contribution in [-0.4, -0.2) is 19.1 Å². The predicted molar refractivity (Wildman–Crippen MR) is 68.6 cm³/mol. The van der Waals surface area contributed by atoms with E-state index in [1.807, 2.05) is 52.9 Å². The van der Waals surface area contributed by atoms with E-state index in [9.17, 15) is 4.79 Å². The predicted octanol–water partition coefficient (Wildman–Crippen LogP) is 2.73. The molecule has 1 amide bonds. The molecule has 0 radical (unpaired) electrons. The van der Waals surface area contributed by atoms with Gasteiger partial charge in [-0.2, -0.15) is 0 Å². The number of nitrogens with zero attached hydrogens (tertiary/aromatic N) is 1. The molecule has 2 rings (SSSR count). The molecule has 1 aromatic rings. The number of hydrogen-bond donors (Lipinski definition) is 0. The van der Waals surface area contributed by atoms with E-state index in [0.717, 1.165) is 17.0 Å². The highest BCUT2D eigenvalue weighted by Gasteiger charge is 2.42. The molecule has 0 saturated carbocycles. The molecule has 3 heteroatoms. The van der Waals surface area contributed by atoms with Crippen LogP contribution in [0.5, 0.6) is 5.75 Å². The topological polar surface area (TPSA) is 29.5 Å². The number of rotatable bonds is 2. The van der Waals surface area contributed by atoms with E-state index in [4.69, 9.17) is 4.74 Å². The summed E-state index contributed by atoms with van der Waals surface area (Å²) in [5.41, 5.74) is 1.60. The Hall–Kier alpha value is -1.51. The third-order valence-corrected chi connectivity index (χ3v) is 3.21. The monoisotopic (exact) mass is 233 g/mol. The molecule has 1 aliphatic rings. The lowest BCUT2D eigenvalue weighted by Gasteiger charge is -2.16. The number of likely N-dealkylation sites (N-methyl/N-ethyl adjacent to an activating group) is 1. The summed E-state index contributed by atoms with van der Waals surface area (Å²) < 4.78 is 5.65. The second kappa shape index (κ2) is 3.76. The molecule has 3 nitrogen and oxygen atoms in total. The second-order valence-electron chi connectivity index (χ2n) is 5.33. The van der Waals surface area contributed by atoms with Crippen molar-refractivity contribution in [3.05, 3.63) is 23.8 Å². The number of anilines is 1. The summed E-state index contributed by atoms with van der Waals surface area (Å²) in [6.45, 7) is 7.90. The summed E-state index contributed by atoms with van der Waals surface area (Å²) in [6, 6.07) is 5.88. The first-order valence-corrected chi connectivity index (χ1v) is 5.93. The first-order valence-electron chi connectivity index (χ1n) is 5.93. The standard InChI is InChI=1S/C14H19NO2/c1-9(2)17-10-6-7-11-12(8-10)15(5)13(16)14(11,3)4/h6-9H,1-5H3. The van der Waals surface area contributed by atoms with E-state index in [0.29, 0.717) is 0 Å². The van der Waals surface area contributed by atoms with Crippen molar-refractivity contribution in [1.29, 1.82) is 0 Å². The van der Waals surface area contributed by atoms with Gasteiger partial charge in [0.2, 0.25) is 5.91 Å². The Morgan fingerprint density at radius 1 is 1.29 bits per heavy atom. The van der Waals surface area contributed by atoms with Gasteiger partial charge in [0.05, 0.1) is 17.2 Å². The van der Waals surface area contributed by atoms with Crippen LogP contribution in [0.15, 0.2) is 18.2 Å². The van der Waals surface area contributed by atoms with Gasteiger partial charge in [0.1, 0.15) is 5.75 Å². The largest absolute Gasteiger partial charge is 0.491 e. The first kappa shape index (κ1) is 12.0. The van der Waals surface area contributed by atoms with Gasteiger partial charge in [0.15, 0.2) is 0 Å². The van der Waals surface area contributed by atoms with Gasteiger partial charge >= 0.3 is 0 Å². The summed E-state index contributed by atoms with van der Waals surface area (Å²) in [4.78, 5) is 13.8. The number of benzene rings is 1. The van der Waals surface area contributed by atoms with Crippen molar-refractivity contribution >= 4 is 11.6 Å². The van der Waals surface area contributed by atoms with Crippen molar-refractivity contribution in [2.24, 2.45) is 0 Å². The number of carbonyl (C=O) groups excluding carboxylic acids is 1. The van der Waals surface area contributed by atoms with E-state index >= 15 is 0 Å². The molecule has 0 fully saturated rings. The van der Waals surface area contributed by atoms with Crippen molar-refractivity contribution in [1.82, 2.24) is 0 Å². The van der Waals surface area contributed by atoms with Crippen LogP contribution in [-0.2, 0) is 10.2 Å². The summed E-state index contributed by atoms with van der Waals surface area (Å²) in [5.74, 6) is 0.949. The van der Waals surface area contributed by atoms with Crippen LogP contribution in [0, 0.1) is 0 Å². The summed E-state index contributed by atoms with van der Waals surface area (Å²) in [7, 11) is 1.81. The van der Waals surface area contributed by atoms with E-state index in [2.05, 4.69) is 0 Å². The quantitative estimate of drug-likeness (QED) is 0.786. The second-order valence-corrected chi connectivity index (χ2v) is 5.33. The van der Waals surface area contributed by atoms with Crippen LogP contribution in [0.1, 0.15) is 33.3 Å². The molecule has 1 aliphatic heterocycles. The molecule has 17 heavy (non-hydrogen) atoms. The van der Waals surface area contributed by atoms with Crippen LogP contribution in [0.4, 0.5) is 5.69 Å². The van der Waals surface area contributed by atoms with Gasteiger partial charge in [-0.1, -0.05) is 6.07 Å². The molecule has 0 bridgehead atoms. The minimum absolute atomic E-state index is 0.134. The van der Waals surface area contributed by atoms with E-state index in [1.54, 1.807) is 4.90 Å². The number of hydrogen-bond acceptors (Lipinski definition) is 2. The van der Waals surface area contributed by atoms with Gasteiger partial charge in [-0.05, 0) is 39.3 Å². The zero-order chi connectivity index (χ0) is 12.8. The zero-order valence-corrected chi connectivity index (χ0v) is 11.1. The van der Waals surface area contributed by atoms with E-state index in [-0.39, 0.29) is 12.0 Å². The fourth-order valence-electron chi connectivity index (χ4n) is 2.31. The third-order valence-electron chi connectivity index (χ3n) is 3.21. The Labute approximate surface area is 102 Å². The van der Waals surface area contributed by atoms with Crippen LogP contribution in [0.3, 0.4) is 0 Å². The van der Waals surface area contributed by atoms with Crippen molar-refractivity contribution < 1.29 is 9.53 Å². The highest BCUT2D eigenvalue weighted by Crippen LogP contribution is 2.42. The Morgan fingerprint density at radius 3 is 2.53 bits per heavy atom.